The molecule has 2 N–H and O–H groups in total. The molecule has 9 nitrogen and oxygen atoms in total. The Morgan fingerprint density at radius 1 is 1.06 bits per heavy atom. The largest absolute Gasteiger partial charge is 0.347 e. The molecule has 0 radical (unpaired) electrons. The molecule has 10 heteroatoms. The molecular weight excluding hydrogens is 444 g/mol. The van der Waals surface area contributed by atoms with Gasteiger partial charge in [-0.15, -0.1) is 0 Å². The van der Waals surface area contributed by atoms with Crippen LogP contribution in [0, 0.1) is 13.8 Å². The summed E-state index contributed by atoms with van der Waals surface area (Å²) in [5, 5.41) is 2.90. The number of sulfonamides is 1. The van der Waals surface area contributed by atoms with Gasteiger partial charge < -0.3 is 5.32 Å². The van der Waals surface area contributed by atoms with E-state index in [0.717, 1.165) is 27.4 Å². The molecule has 3 rings (SSSR count). The van der Waals surface area contributed by atoms with Crippen LogP contribution in [0.5, 0.6) is 0 Å². The lowest BCUT2D eigenvalue weighted by atomic mass is 10.1. The van der Waals surface area contributed by atoms with E-state index in [-0.39, 0.29) is 11.4 Å². The zero-order chi connectivity index (χ0) is 24.3. The topological polar surface area (TPSA) is 125 Å². The van der Waals surface area contributed by atoms with Crippen molar-refractivity contribution in [3.63, 3.8) is 0 Å². The molecule has 4 amide bonds. The van der Waals surface area contributed by atoms with Gasteiger partial charge in [-0.25, -0.2) is 18.2 Å². The van der Waals surface area contributed by atoms with Gasteiger partial charge in [-0.1, -0.05) is 25.1 Å². The number of nitrogens with one attached hydrogen (secondary N) is 2. The molecule has 1 atom stereocenters. The molecule has 1 aliphatic rings. The van der Waals surface area contributed by atoms with Gasteiger partial charge in [0.15, 0.2) is 5.25 Å². The maximum atomic E-state index is 13.6. The van der Waals surface area contributed by atoms with Crippen LogP contribution in [0.15, 0.2) is 47.5 Å². The molecule has 0 spiro atoms. The molecule has 1 heterocycles. The highest BCUT2D eigenvalue weighted by atomic mass is 32.2. The van der Waals surface area contributed by atoms with Crippen molar-refractivity contribution in [2.24, 2.45) is 4.99 Å². The fraction of sp³-hybridized carbons (Fsp3) is 0.304. The SMILES string of the molecule is CCc1ccc(NC(=O)CN(c2cc(C)cc(C)c2)S(=O)(=O)C2C(=O)NC(=O)N=C2C)cc1. The van der Waals surface area contributed by atoms with Crippen molar-refractivity contribution in [2.45, 2.75) is 39.4 Å². The van der Waals surface area contributed by atoms with Crippen molar-refractivity contribution in [3.8, 4) is 0 Å². The van der Waals surface area contributed by atoms with Gasteiger partial charge in [0, 0.05) is 5.69 Å². The number of urea groups is 1. The molecule has 174 valence electrons. The molecule has 1 unspecified atom stereocenters. The summed E-state index contributed by atoms with van der Waals surface area (Å²) in [4.78, 5) is 40.4. The number of amides is 4. The third kappa shape index (κ3) is 5.46. The van der Waals surface area contributed by atoms with Gasteiger partial charge in [0.2, 0.25) is 5.91 Å². The first-order valence-corrected chi connectivity index (χ1v) is 11.9. The van der Waals surface area contributed by atoms with Gasteiger partial charge in [-0.05, 0) is 68.1 Å². The fourth-order valence-corrected chi connectivity index (χ4v) is 5.43. The van der Waals surface area contributed by atoms with E-state index in [2.05, 4.69) is 10.3 Å². The van der Waals surface area contributed by atoms with Crippen molar-refractivity contribution < 1.29 is 22.8 Å². The Kier molecular flexibility index (Phi) is 6.97. The minimum Gasteiger partial charge on any atom is -0.325 e. The Bertz CT molecular complexity index is 1220. The van der Waals surface area contributed by atoms with E-state index in [1.54, 1.807) is 38.1 Å². The van der Waals surface area contributed by atoms with Crippen molar-refractivity contribution in [2.75, 3.05) is 16.2 Å². The fourth-order valence-electron chi connectivity index (χ4n) is 3.66. The minimum atomic E-state index is -4.45. The standard InChI is InChI=1S/C23H26N4O5S/c1-5-17-6-8-18(9-7-17)25-20(28)13-27(19-11-14(2)10-15(3)12-19)33(31,32)21-16(4)24-23(30)26-22(21)29/h6-12,21H,5,13H2,1-4H3,(H,25,28)(H,26,29,30). The van der Waals surface area contributed by atoms with E-state index < -0.39 is 39.7 Å². The van der Waals surface area contributed by atoms with Gasteiger partial charge in [0.1, 0.15) is 6.54 Å². The monoisotopic (exact) mass is 470 g/mol. The predicted octanol–water partition coefficient (Wildman–Crippen LogP) is 2.72. The zero-order valence-corrected chi connectivity index (χ0v) is 19.7. The van der Waals surface area contributed by atoms with E-state index in [1.807, 2.05) is 30.4 Å². The van der Waals surface area contributed by atoms with E-state index in [4.69, 9.17) is 0 Å². The maximum Gasteiger partial charge on any atom is 0.347 e. The Hall–Kier alpha value is -3.53. The molecular formula is C23H26N4O5S. The third-order valence-electron chi connectivity index (χ3n) is 5.16. The molecule has 0 saturated carbocycles. The number of aryl methyl sites for hydroxylation is 3. The average molecular weight is 471 g/mol. The summed E-state index contributed by atoms with van der Waals surface area (Å²) in [6.45, 7) is 6.35. The number of hydrogen-bond acceptors (Lipinski definition) is 5. The first-order chi connectivity index (χ1) is 15.5. The number of benzene rings is 2. The quantitative estimate of drug-likeness (QED) is 0.644. The summed E-state index contributed by atoms with van der Waals surface area (Å²) in [5.74, 6) is -1.58. The Labute approximate surface area is 192 Å². The van der Waals surface area contributed by atoms with Crippen molar-refractivity contribution in [1.82, 2.24) is 5.32 Å². The first kappa shape index (κ1) is 24.1. The van der Waals surface area contributed by atoms with E-state index >= 15 is 0 Å². The number of anilines is 2. The second-order valence-electron chi connectivity index (χ2n) is 7.92. The van der Waals surface area contributed by atoms with Crippen LogP contribution >= 0.6 is 0 Å². The van der Waals surface area contributed by atoms with Crippen molar-refractivity contribution in [1.29, 1.82) is 0 Å². The van der Waals surface area contributed by atoms with Crippen LogP contribution in [-0.4, -0.2) is 43.8 Å². The molecule has 0 bridgehead atoms. The Balaban J connectivity index is 1.99. The maximum absolute atomic E-state index is 13.6. The van der Waals surface area contributed by atoms with Crippen LogP contribution in [0.2, 0.25) is 0 Å². The predicted molar refractivity (Wildman–Crippen MR) is 127 cm³/mol. The Morgan fingerprint density at radius 3 is 2.21 bits per heavy atom. The van der Waals surface area contributed by atoms with Crippen LogP contribution < -0.4 is 14.9 Å². The molecule has 2 aromatic carbocycles. The van der Waals surface area contributed by atoms with Gasteiger partial charge in [-0.3, -0.25) is 19.2 Å². The minimum absolute atomic E-state index is 0.159. The normalized spacial score (nSPS) is 16.1. The number of carbonyl (C=O) groups excluding carboxylic acids is 3. The smallest absolute Gasteiger partial charge is 0.325 e. The summed E-state index contributed by atoms with van der Waals surface area (Å²) >= 11 is 0. The number of rotatable bonds is 7. The first-order valence-electron chi connectivity index (χ1n) is 10.4. The number of carbonyl (C=O) groups is 3. The van der Waals surface area contributed by atoms with E-state index in [1.165, 1.54) is 6.92 Å². The molecule has 2 aromatic rings. The second-order valence-corrected chi connectivity index (χ2v) is 9.87. The lowest BCUT2D eigenvalue weighted by Gasteiger charge is -2.29. The summed E-state index contributed by atoms with van der Waals surface area (Å²) in [6, 6.07) is 11.4. The highest BCUT2D eigenvalue weighted by Crippen LogP contribution is 2.25. The second kappa shape index (κ2) is 9.53. The molecule has 0 aromatic heterocycles. The van der Waals surface area contributed by atoms with Gasteiger partial charge in [-0.2, -0.15) is 0 Å². The summed E-state index contributed by atoms with van der Waals surface area (Å²) in [7, 11) is -4.45. The van der Waals surface area contributed by atoms with Crippen molar-refractivity contribution in [3.05, 3.63) is 59.2 Å². The molecule has 0 aliphatic carbocycles. The highest BCUT2D eigenvalue weighted by Gasteiger charge is 2.43. The summed E-state index contributed by atoms with van der Waals surface area (Å²) < 4.78 is 28.1. The summed E-state index contributed by atoms with van der Waals surface area (Å²) in [6.07, 6.45) is 0.847. The molecule has 0 fully saturated rings. The van der Waals surface area contributed by atoms with Crippen LogP contribution in [0.1, 0.15) is 30.5 Å². The lowest BCUT2D eigenvalue weighted by Crippen LogP contribution is -2.55. The molecule has 33 heavy (non-hydrogen) atoms. The van der Waals surface area contributed by atoms with E-state index in [0.29, 0.717) is 5.69 Å². The Morgan fingerprint density at radius 2 is 1.67 bits per heavy atom. The number of nitrogens with zero attached hydrogens (tertiary/aromatic N) is 2. The number of hydrogen-bond donors (Lipinski definition) is 2. The van der Waals surface area contributed by atoms with E-state index in [9.17, 15) is 22.8 Å². The zero-order valence-electron chi connectivity index (χ0n) is 18.9. The van der Waals surface area contributed by atoms with Gasteiger partial charge in [0.05, 0.1) is 11.4 Å². The average Bonchev–Trinajstić information content (AvgIpc) is 2.70. The lowest BCUT2D eigenvalue weighted by molar-refractivity contribution is -0.119. The van der Waals surface area contributed by atoms with Crippen LogP contribution in [-0.2, 0) is 26.0 Å². The highest BCUT2D eigenvalue weighted by molar-refractivity contribution is 7.95. The number of imide groups is 1. The third-order valence-corrected chi connectivity index (χ3v) is 7.26. The van der Waals surface area contributed by atoms with Crippen molar-refractivity contribution >= 4 is 45.0 Å². The van der Waals surface area contributed by atoms with Crippen LogP contribution in [0.25, 0.3) is 0 Å². The van der Waals surface area contributed by atoms with Gasteiger partial charge >= 0.3 is 6.03 Å². The van der Waals surface area contributed by atoms with Gasteiger partial charge in [0.25, 0.3) is 15.9 Å². The van der Waals surface area contributed by atoms with Crippen LogP contribution in [0.4, 0.5) is 16.2 Å². The number of aliphatic imine (C=N–C) groups is 1. The molecule has 1 aliphatic heterocycles. The summed E-state index contributed by atoms with van der Waals surface area (Å²) in [5.41, 5.74) is 3.27. The molecule has 0 saturated heterocycles. The van der Waals surface area contributed by atoms with Crippen LogP contribution in [0.3, 0.4) is 0 Å².